The van der Waals surface area contributed by atoms with Crippen molar-refractivity contribution in [2.75, 3.05) is 33.9 Å². The number of aliphatic hydroxyl groups excluding tert-OH is 2. The minimum Gasteiger partial charge on any atom is -0.494 e. The molecule has 10 atom stereocenters. The third-order valence-electron chi connectivity index (χ3n) is 14.1. The van der Waals surface area contributed by atoms with Gasteiger partial charge in [0.05, 0.1) is 66.6 Å². The average molecular weight is 997 g/mol. The van der Waals surface area contributed by atoms with Gasteiger partial charge < -0.3 is 48.5 Å². The zero-order valence-corrected chi connectivity index (χ0v) is 42.6. The molecule has 0 radical (unpaired) electrons. The van der Waals surface area contributed by atoms with Crippen LogP contribution in [0.4, 0.5) is 8.78 Å². The van der Waals surface area contributed by atoms with Crippen LogP contribution in [0.5, 0.6) is 5.75 Å². The topological polar surface area (TPSA) is 188 Å². The molecule has 5 heterocycles. The number of carbonyl (C=O) groups is 2. The number of nitrogens with one attached hydrogen (secondary N) is 3. The van der Waals surface area contributed by atoms with Gasteiger partial charge in [-0.2, -0.15) is 0 Å². The number of fused-ring (bicyclic) bond motifs is 5. The van der Waals surface area contributed by atoms with Gasteiger partial charge in [0, 0.05) is 67.3 Å². The number of H-pyrrole nitrogens is 1. The molecule has 4 aliphatic rings. The van der Waals surface area contributed by atoms with Gasteiger partial charge in [0.1, 0.15) is 29.7 Å². The molecule has 2 amide bonds. The maximum absolute atomic E-state index is 15.1. The van der Waals surface area contributed by atoms with Gasteiger partial charge in [-0.05, 0) is 79.6 Å². The largest absolute Gasteiger partial charge is 0.494 e. The Morgan fingerprint density at radius 1 is 0.972 bits per heavy atom. The van der Waals surface area contributed by atoms with Crippen molar-refractivity contribution in [1.29, 1.82) is 0 Å². The smallest absolute Gasteiger partial charge is 0.244 e. The van der Waals surface area contributed by atoms with Gasteiger partial charge in [-0.15, -0.1) is 0 Å². The van der Waals surface area contributed by atoms with E-state index in [1.54, 1.807) is 13.1 Å². The second-order valence-electron chi connectivity index (χ2n) is 20.0. The van der Waals surface area contributed by atoms with E-state index >= 15 is 8.78 Å². The van der Waals surface area contributed by atoms with Gasteiger partial charge >= 0.3 is 0 Å². The Kier molecular flexibility index (Phi) is 16.5. The first-order valence-corrected chi connectivity index (χ1v) is 25.1. The number of hydrogen-bond donors (Lipinski definition) is 5. The fraction of sp³-hybridized carbons (Fsp3) is 0.519. The zero-order valence-electron chi connectivity index (χ0n) is 42.6. The van der Waals surface area contributed by atoms with Gasteiger partial charge in [-0.3, -0.25) is 25.2 Å². The van der Waals surface area contributed by atoms with E-state index in [1.165, 1.54) is 24.0 Å². The summed E-state index contributed by atoms with van der Waals surface area (Å²) in [6.07, 6.45) is 5.92. The molecule has 4 aromatic rings. The van der Waals surface area contributed by atoms with Crippen molar-refractivity contribution in [2.45, 2.75) is 130 Å². The molecule has 2 saturated heterocycles. The number of alkyl halides is 2. The summed E-state index contributed by atoms with van der Waals surface area (Å²) in [4.78, 5) is 43.4. The summed E-state index contributed by atoms with van der Waals surface area (Å²) in [7, 11) is 2.66. The molecule has 1 aliphatic carbocycles. The number of ether oxygens (including phenoxy) is 4. The van der Waals surface area contributed by atoms with Gasteiger partial charge in [0.15, 0.2) is 6.23 Å². The van der Waals surface area contributed by atoms with E-state index in [1.807, 2.05) is 53.0 Å². The Morgan fingerprint density at radius 3 is 2.39 bits per heavy atom. The van der Waals surface area contributed by atoms with Crippen LogP contribution in [0.2, 0.25) is 0 Å². The Morgan fingerprint density at radius 2 is 1.69 bits per heavy atom. The number of rotatable bonds is 19. The number of aromatic nitrogens is 3. The SMILES string of the molecule is CCCOC1=CC(C2Oc3cc(C(C)C=N/C(C)=C4\CC(F)CN4C(=O)C(NC(O)OC)C(C)C)ccc3-c3cc4cc(-c5cnc(C6CC(F)CN6C(=O)C(NC(O)OC)C(C)C)[nH]5)ccc4n32)CC=C1. The molecular weight excluding hydrogens is 927 g/mol. The van der Waals surface area contributed by atoms with Crippen molar-refractivity contribution < 1.29 is 47.5 Å². The van der Waals surface area contributed by atoms with Crippen molar-refractivity contribution >= 4 is 28.9 Å². The lowest BCUT2D eigenvalue weighted by Crippen LogP contribution is -2.53. The predicted molar refractivity (Wildman–Crippen MR) is 271 cm³/mol. The van der Waals surface area contributed by atoms with E-state index in [4.69, 9.17) is 23.9 Å². The quantitative estimate of drug-likeness (QED) is 0.0451. The van der Waals surface area contributed by atoms with E-state index in [0.29, 0.717) is 35.3 Å². The number of aromatic amines is 1. The van der Waals surface area contributed by atoms with Crippen molar-refractivity contribution in [3.05, 3.63) is 95.4 Å². The van der Waals surface area contributed by atoms with E-state index in [0.717, 1.165) is 51.9 Å². The number of nitrogens with zero attached hydrogens (tertiary/aromatic N) is 5. The van der Waals surface area contributed by atoms with Gasteiger partial charge in [0.2, 0.25) is 24.6 Å². The monoisotopic (exact) mass is 997 g/mol. The van der Waals surface area contributed by atoms with E-state index in [-0.39, 0.29) is 61.4 Å². The van der Waals surface area contributed by atoms with Crippen LogP contribution in [0, 0.1) is 17.8 Å². The number of hydrogen-bond acceptors (Lipinski definition) is 12. The number of carbonyl (C=O) groups excluding carboxylic acids is 2. The molecule has 72 heavy (non-hydrogen) atoms. The molecule has 2 fully saturated rings. The van der Waals surface area contributed by atoms with Crippen LogP contribution in [-0.4, -0.2) is 124 Å². The highest BCUT2D eigenvalue weighted by atomic mass is 19.1. The summed E-state index contributed by atoms with van der Waals surface area (Å²) in [5.41, 5.74) is 6.42. The molecule has 18 heteroatoms. The molecule has 10 unspecified atom stereocenters. The first kappa shape index (κ1) is 52.6. The molecular formula is C54H70F2N8O8. The van der Waals surface area contributed by atoms with Crippen molar-refractivity contribution in [1.82, 2.24) is 35.0 Å². The third-order valence-corrected chi connectivity index (χ3v) is 14.1. The zero-order chi connectivity index (χ0) is 51.5. The molecule has 0 bridgehead atoms. The van der Waals surface area contributed by atoms with Crippen molar-refractivity contribution in [2.24, 2.45) is 22.7 Å². The number of benzene rings is 2. The fourth-order valence-electron chi connectivity index (χ4n) is 10.1. The number of methoxy groups -OCH3 is 2. The Balaban J connectivity index is 1.09. The predicted octanol–water partition coefficient (Wildman–Crippen LogP) is 8.14. The summed E-state index contributed by atoms with van der Waals surface area (Å²) < 4.78 is 55.5. The van der Waals surface area contributed by atoms with Crippen LogP contribution >= 0.6 is 0 Å². The minimum absolute atomic E-state index is 0.0473. The lowest BCUT2D eigenvalue weighted by Gasteiger charge is -2.35. The molecule has 0 spiro atoms. The highest BCUT2D eigenvalue weighted by Gasteiger charge is 2.42. The molecule has 0 saturated carbocycles. The fourth-order valence-corrected chi connectivity index (χ4v) is 10.1. The summed E-state index contributed by atoms with van der Waals surface area (Å²) in [6, 6.07) is 12.3. The summed E-state index contributed by atoms with van der Waals surface area (Å²) in [6.45, 7) is 13.7. The second kappa shape index (κ2) is 22.6. The highest BCUT2D eigenvalue weighted by molar-refractivity contribution is 5.92. The summed E-state index contributed by atoms with van der Waals surface area (Å²) >= 11 is 0. The van der Waals surface area contributed by atoms with Crippen LogP contribution in [0.3, 0.4) is 0 Å². The van der Waals surface area contributed by atoms with Gasteiger partial charge in [-0.1, -0.05) is 59.8 Å². The normalized spacial score (nSPS) is 23.8. The van der Waals surface area contributed by atoms with E-state index in [2.05, 4.69) is 80.6 Å². The number of imidazole rings is 1. The number of allylic oxidation sites excluding steroid dienone is 4. The van der Waals surface area contributed by atoms with Crippen LogP contribution in [-0.2, 0) is 23.8 Å². The van der Waals surface area contributed by atoms with Crippen LogP contribution < -0.4 is 15.4 Å². The van der Waals surface area contributed by atoms with Crippen LogP contribution in [0.25, 0.3) is 33.4 Å². The number of likely N-dealkylation sites (tertiary alicyclic amines) is 2. The lowest BCUT2D eigenvalue weighted by atomic mass is 9.94. The number of halogens is 2. The first-order valence-electron chi connectivity index (χ1n) is 25.1. The average Bonchev–Trinajstić information content (AvgIpc) is 4.19. The first-order chi connectivity index (χ1) is 34.5. The minimum atomic E-state index is -1.35. The molecule has 2 aromatic heterocycles. The standard InChI is InChI=1S/C54H70F2N8O8/c1-10-18-71-39-13-11-12-35(20-39)52-64-42-17-15-34(41-26-58-49(59-41)45-24-38(56)28-63(45)51(66)48(30(4)5)61-54(68)70-9)19-36(42)21-44(64)40-16-14-33(22-46(40)72-52)31(6)25-57-32(7)43-23-37(55)27-62(43)50(65)47(29(2)3)60-53(67)69-8/h11,13-17,19-22,25-26,29-31,35,37-38,45,47-48,52-54,60-61,67-68H,10,12,18,23-24,27-28H2,1-9H3,(H,58,59)/b43-32+,57-25?. The molecule has 5 N–H and O–H groups in total. The molecule has 16 nitrogen and oxygen atoms in total. The summed E-state index contributed by atoms with van der Waals surface area (Å²) in [5, 5.41) is 26.8. The number of amides is 2. The van der Waals surface area contributed by atoms with Crippen molar-refractivity contribution in [3.63, 3.8) is 0 Å². The Labute approximate surface area is 420 Å². The molecule has 8 rings (SSSR count). The van der Waals surface area contributed by atoms with E-state index in [9.17, 15) is 19.8 Å². The van der Waals surface area contributed by atoms with Crippen LogP contribution in [0.15, 0.2) is 89.0 Å². The van der Waals surface area contributed by atoms with E-state index < -0.39 is 49.5 Å². The third kappa shape index (κ3) is 11.1. The highest BCUT2D eigenvalue weighted by Crippen LogP contribution is 2.47. The maximum Gasteiger partial charge on any atom is 0.244 e. The molecule has 2 aromatic carbocycles. The van der Waals surface area contributed by atoms with Crippen molar-refractivity contribution in [3.8, 4) is 28.3 Å². The molecule has 388 valence electrons. The second-order valence-corrected chi connectivity index (χ2v) is 20.0. The Bertz CT molecular complexity index is 2710. The number of aliphatic hydroxyl groups is 2. The molecule has 3 aliphatic heterocycles. The Hall–Kier alpha value is -5.76. The maximum atomic E-state index is 15.1. The van der Waals surface area contributed by atoms with Gasteiger partial charge in [-0.25, -0.2) is 13.8 Å². The van der Waals surface area contributed by atoms with Crippen LogP contribution in [0.1, 0.15) is 104 Å². The van der Waals surface area contributed by atoms with Gasteiger partial charge in [0.25, 0.3) is 0 Å². The number of aliphatic imine (C=N–C) groups is 1. The summed E-state index contributed by atoms with van der Waals surface area (Å²) in [5.74, 6) is 0.615. The lowest BCUT2D eigenvalue weighted by molar-refractivity contribution is -0.145.